The average molecular weight is 453 g/mol. The lowest BCUT2D eigenvalue weighted by Gasteiger charge is -2.31. The Morgan fingerprint density at radius 3 is 2.55 bits per heavy atom. The molecule has 0 heterocycles. The molecule has 0 nitrogen and oxygen atoms in total. The molecule has 0 amide bonds. The van der Waals surface area contributed by atoms with Crippen LogP contribution >= 0.6 is 0 Å². The predicted molar refractivity (Wildman–Crippen MR) is 126 cm³/mol. The molecular formula is C29H28F4. The maximum Gasteiger partial charge on any atom is 0.419 e. The fraction of sp³-hybridized carbons (Fsp3) is 0.379. The van der Waals surface area contributed by atoms with Gasteiger partial charge in [-0.15, -0.1) is 0 Å². The molecule has 0 radical (unpaired) electrons. The SMILES string of the molecule is CCCCCC[C@@H]1CCc2c(ccc3ccccc23)[C@H]1C#Cc1ccc(C(F)(F)F)c(F)c1. The van der Waals surface area contributed by atoms with Gasteiger partial charge in [-0.1, -0.05) is 80.8 Å². The van der Waals surface area contributed by atoms with E-state index in [1.54, 1.807) is 0 Å². The Morgan fingerprint density at radius 2 is 1.79 bits per heavy atom. The molecule has 0 unspecified atom stereocenters. The number of alkyl halides is 3. The number of fused-ring (bicyclic) bond motifs is 3. The van der Waals surface area contributed by atoms with Crippen LogP contribution in [0.5, 0.6) is 0 Å². The summed E-state index contributed by atoms with van der Waals surface area (Å²) in [6.45, 7) is 2.19. The molecule has 1 aliphatic carbocycles. The second kappa shape index (κ2) is 10.00. The van der Waals surface area contributed by atoms with Crippen LogP contribution in [0.25, 0.3) is 10.8 Å². The molecule has 0 saturated carbocycles. The normalized spacial score (nSPS) is 18.0. The second-order valence-corrected chi connectivity index (χ2v) is 8.94. The van der Waals surface area contributed by atoms with Crippen molar-refractivity contribution in [1.82, 2.24) is 0 Å². The third-order valence-corrected chi connectivity index (χ3v) is 6.72. The number of rotatable bonds is 5. The second-order valence-electron chi connectivity index (χ2n) is 8.94. The molecule has 4 heteroatoms. The van der Waals surface area contributed by atoms with Gasteiger partial charge in [-0.3, -0.25) is 0 Å². The number of hydrogen-bond acceptors (Lipinski definition) is 0. The van der Waals surface area contributed by atoms with Crippen molar-refractivity contribution in [3.63, 3.8) is 0 Å². The van der Waals surface area contributed by atoms with Crippen molar-refractivity contribution in [3.05, 3.63) is 82.7 Å². The molecule has 0 N–H and O–H groups in total. The summed E-state index contributed by atoms with van der Waals surface area (Å²) in [5.74, 6) is 5.44. The minimum atomic E-state index is -4.71. The van der Waals surface area contributed by atoms with Crippen LogP contribution in [-0.4, -0.2) is 0 Å². The summed E-state index contributed by atoms with van der Waals surface area (Å²) in [5, 5.41) is 2.45. The molecule has 2 atom stereocenters. The van der Waals surface area contributed by atoms with Gasteiger partial charge in [0.05, 0.1) is 5.56 Å². The molecule has 3 aromatic rings. The molecule has 172 valence electrons. The van der Waals surface area contributed by atoms with Gasteiger partial charge >= 0.3 is 6.18 Å². The van der Waals surface area contributed by atoms with E-state index in [4.69, 9.17) is 0 Å². The lowest BCUT2D eigenvalue weighted by Crippen LogP contribution is -2.20. The van der Waals surface area contributed by atoms with E-state index >= 15 is 0 Å². The van der Waals surface area contributed by atoms with Gasteiger partial charge in [-0.25, -0.2) is 4.39 Å². The van der Waals surface area contributed by atoms with Crippen molar-refractivity contribution in [2.75, 3.05) is 0 Å². The molecular weight excluding hydrogens is 424 g/mol. The summed E-state index contributed by atoms with van der Waals surface area (Å²) in [7, 11) is 0. The van der Waals surface area contributed by atoms with E-state index in [2.05, 4.69) is 43.0 Å². The minimum Gasteiger partial charge on any atom is -0.206 e. The van der Waals surface area contributed by atoms with Crippen molar-refractivity contribution in [1.29, 1.82) is 0 Å². The third-order valence-electron chi connectivity index (χ3n) is 6.72. The quantitative estimate of drug-likeness (QED) is 0.206. The van der Waals surface area contributed by atoms with Gasteiger partial charge in [0.2, 0.25) is 0 Å². The van der Waals surface area contributed by atoms with E-state index in [1.807, 2.05) is 12.1 Å². The van der Waals surface area contributed by atoms with E-state index in [1.165, 1.54) is 47.2 Å². The van der Waals surface area contributed by atoms with Crippen molar-refractivity contribution >= 4 is 10.8 Å². The summed E-state index contributed by atoms with van der Waals surface area (Å²) >= 11 is 0. The molecule has 0 aliphatic heterocycles. The lowest BCUT2D eigenvalue weighted by molar-refractivity contribution is -0.140. The van der Waals surface area contributed by atoms with Gasteiger partial charge in [0.15, 0.2) is 0 Å². The topological polar surface area (TPSA) is 0 Å². The molecule has 33 heavy (non-hydrogen) atoms. The summed E-state index contributed by atoms with van der Waals surface area (Å²) in [5.41, 5.74) is 1.55. The smallest absolute Gasteiger partial charge is 0.206 e. The Bertz CT molecular complexity index is 1180. The van der Waals surface area contributed by atoms with Gasteiger partial charge in [0.1, 0.15) is 5.82 Å². The van der Waals surface area contributed by atoms with Gasteiger partial charge in [-0.2, -0.15) is 13.2 Å². The Morgan fingerprint density at radius 1 is 0.970 bits per heavy atom. The van der Waals surface area contributed by atoms with Crippen LogP contribution in [0.3, 0.4) is 0 Å². The molecule has 3 aromatic carbocycles. The highest BCUT2D eigenvalue weighted by Crippen LogP contribution is 2.41. The number of aryl methyl sites for hydroxylation is 1. The highest BCUT2D eigenvalue weighted by Gasteiger charge is 2.34. The van der Waals surface area contributed by atoms with E-state index in [0.29, 0.717) is 5.92 Å². The fourth-order valence-corrected chi connectivity index (χ4v) is 5.00. The first-order valence-corrected chi connectivity index (χ1v) is 11.8. The summed E-state index contributed by atoms with van der Waals surface area (Å²) < 4.78 is 52.7. The molecule has 0 bridgehead atoms. The molecule has 0 fully saturated rings. The summed E-state index contributed by atoms with van der Waals surface area (Å²) in [6, 6.07) is 15.6. The average Bonchev–Trinajstić information content (AvgIpc) is 2.79. The van der Waals surface area contributed by atoms with Gasteiger partial charge in [-0.05, 0) is 65.3 Å². The van der Waals surface area contributed by atoms with E-state index in [-0.39, 0.29) is 11.5 Å². The highest BCUT2D eigenvalue weighted by atomic mass is 19.4. The fourth-order valence-electron chi connectivity index (χ4n) is 5.00. The number of benzene rings is 3. The Kier molecular flexibility index (Phi) is 7.08. The third kappa shape index (κ3) is 5.24. The zero-order valence-corrected chi connectivity index (χ0v) is 18.8. The van der Waals surface area contributed by atoms with E-state index < -0.39 is 17.6 Å². The van der Waals surface area contributed by atoms with Crippen LogP contribution in [0, 0.1) is 23.6 Å². The summed E-state index contributed by atoms with van der Waals surface area (Å²) in [4.78, 5) is 0. The monoisotopic (exact) mass is 452 g/mol. The van der Waals surface area contributed by atoms with Crippen molar-refractivity contribution < 1.29 is 17.6 Å². The van der Waals surface area contributed by atoms with E-state index in [9.17, 15) is 17.6 Å². The first kappa shape index (κ1) is 23.4. The van der Waals surface area contributed by atoms with Crippen LogP contribution in [0.1, 0.15) is 73.6 Å². The van der Waals surface area contributed by atoms with Crippen LogP contribution in [0.2, 0.25) is 0 Å². The highest BCUT2D eigenvalue weighted by molar-refractivity contribution is 5.87. The van der Waals surface area contributed by atoms with Crippen LogP contribution in [0.4, 0.5) is 17.6 Å². The number of unbranched alkanes of at least 4 members (excludes halogenated alkanes) is 3. The zero-order valence-electron chi connectivity index (χ0n) is 18.8. The van der Waals surface area contributed by atoms with Gasteiger partial charge in [0.25, 0.3) is 0 Å². The molecule has 0 aromatic heterocycles. The maximum atomic E-state index is 14.1. The first-order valence-electron chi connectivity index (χ1n) is 11.8. The summed E-state index contributed by atoms with van der Waals surface area (Å²) in [6.07, 6.45) is 3.15. The van der Waals surface area contributed by atoms with Crippen molar-refractivity contribution in [2.45, 2.75) is 64.0 Å². The van der Waals surface area contributed by atoms with Crippen LogP contribution in [0.15, 0.2) is 54.6 Å². The molecule has 0 saturated heterocycles. The maximum absolute atomic E-state index is 14.1. The van der Waals surface area contributed by atoms with Crippen molar-refractivity contribution in [2.24, 2.45) is 5.92 Å². The molecule has 4 rings (SSSR count). The predicted octanol–water partition coefficient (Wildman–Crippen LogP) is 8.67. The Hall–Kier alpha value is -2.80. The van der Waals surface area contributed by atoms with E-state index in [0.717, 1.165) is 37.8 Å². The van der Waals surface area contributed by atoms with Gasteiger partial charge in [0, 0.05) is 11.5 Å². The minimum absolute atomic E-state index is 0.00895. The zero-order chi connectivity index (χ0) is 23.4. The van der Waals surface area contributed by atoms with Crippen LogP contribution in [-0.2, 0) is 12.6 Å². The van der Waals surface area contributed by atoms with Crippen molar-refractivity contribution in [3.8, 4) is 11.8 Å². The Balaban J connectivity index is 1.69. The van der Waals surface area contributed by atoms with Gasteiger partial charge < -0.3 is 0 Å². The molecule has 0 spiro atoms. The number of halogens is 4. The molecule has 1 aliphatic rings. The Labute approximate surface area is 193 Å². The largest absolute Gasteiger partial charge is 0.419 e. The van der Waals surface area contributed by atoms with Crippen LogP contribution < -0.4 is 0 Å². The first-order chi connectivity index (χ1) is 15.9. The number of hydrogen-bond donors (Lipinski definition) is 0. The standard InChI is InChI=1S/C29H28F4/c1-2-3-4-5-8-22-14-16-25-23-10-7-6-9-21(23)13-17-26(25)24(22)15-11-20-12-18-27(28(30)19-20)29(31,32)33/h6-7,9-10,12-13,17-19,22,24H,2-5,8,14,16H2,1H3/t22-,24+/m1/s1. The lowest BCUT2D eigenvalue weighted by atomic mass is 9.72.